The van der Waals surface area contributed by atoms with E-state index in [2.05, 4.69) is 33.4 Å². The molecule has 1 fully saturated rings. The summed E-state index contributed by atoms with van der Waals surface area (Å²) < 4.78 is 2.01. The fraction of sp³-hybridized carbons (Fsp3) is 0.455. The van der Waals surface area contributed by atoms with Crippen molar-refractivity contribution in [2.75, 3.05) is 25.5 Å². The molecule has 0 radical (unpaired) electrons. The molecule has 0 spiro atoms. The minimum Gasteiger partial charge on any atom is -0.358 e. The molecule has 1 aliphatic carbocycles. The number of carbonyl (C=O) groups excluding carboxylic acids is 1. The number of nitrogens with one attached hydrogen (secondary N) is 2. The van der Waals surface area contributed by atoms with Crippen LogP contribution in [0, 0.1) is 0 Å². The Hall–Kier alpha value is -2.60. The number of rotatable bonds is 3. The molecule has 0 saturated carbocycles. The van der Waals surface area contributed by atoms with E-state index in [-0.39, 0.29) is 5.91 Å². The second-order valence-corrected chi connectivity index (χ2v) is 8.21. The number of benzene rings is 1. The molecular weight excluding hydrogens is 350 g/mol. The van der Waals surface area contributed by atoms with Gasteiger partial charge in [-0.2, -0.15) is 5.10 Å². The second-order valence-electron chi connectivity index (χ2n) is 8.21. The fourth-order valence-corrected chi connectivity index (χ4v) is 4.68. The number of H-pyrrole nitrogens is 1. The summed E-state index contributed by atoms with van der Waals surface area (Å²) in [5.74, 6) is -0.0767. The van der Waals surface area contributed by atoms with Crippen LogP contribution in [0.5, 0.6) is 0 Å². The zero-order chi connectivity index (χ0) is 19.1. The van der Waals surface area contributed by atoms with Crippen LogP contribution in [0.3, 0.4) is 0 Å². The van der Waals surface area contributed by atoms with Crippen molar-refractivity contribution in [3.8, 4) is 0 Å². The van der Waals surface area contributed by atoms with Crippen molar-refractivity contribution in [1.29, 1.82) is 0 Å². The molecule has 1 aliphatic heterocycles. The standard InChI is InChI=1S/C22H27N5O/c1-26-11-9-16(10-12-26)27-14-15(13-23-27)24-22(28)19-7-4-6-18-17-5-2-3-8-20(17)25-21(18)19/h4,6-7,13-14,16,25H,2-3,5,8-12H2,1H3,(H,24,28). The SMILES string of the molecule is CN1CCC(n2cc(NC(=O)c3cccc4c5c([nH]c34)CCCC5)cn2)CC1. The lowest BCUT2D eigenvalue weighted by Gasteiger charge is -2.28. The maximum atomic E-state index is 13.0. The van der Waals surface area contributed by atoms with Crippen molar-refractivity contribution >= 4 is 22.5 Å². The summed E-state index contributed by atoms with van der Waals surface area (Å²) in [4.78, 5) is 18.9. The quantitative estimate of drug-likeness (QED) is 0.730. The summed E-state index contributed by atoms with van der Waals surface area (Å²) >= 11 is 0. The molecule has 3 aromatic rings. The monoisotopic (exact) mass is 377 g/mol. The van der Waals surface area contributed by atoms with Crippen molar-refractivity contribution in [2.24, 2.45) is 0 Å². The van der Waals surface area contributed by atoms with Crippen LogP contribution in [-0.2, 0) is 12.8 Å². The summed E-state index contributed by atoms with van der Waals surface area (Å²) in [6.07, 6.45) is 10.5. The van der Waals surface area contributed by atoms with Gasteiger partial charge < -0.3 is 15.2 Å². The van der Waals surface area contributed by atoms with E-state index in [1.165, 1.54) is 29.5 Å². The summed E-state index contributed by atoms with van der Waals surface area (Å²) in [6, 6.07) is 6.44. The van der Waals surface area contributed by atoms with Gasteiger partial charge in [0, 0.05) is 17.3 Å². The van der Waals surface area contributed by atoms with Gasteiger partial charge in [0.05, 0.1) is 29.0 Å². The summed E-state index contributed by atoms with van der Waals surface area (Å²) in [7, 11) is 2.16. The number of likely N-dealkylation sites (tertiary alicyclic amines) is 1. The number of aromatic nitrogens is 3. The molecule has 5 rings (SSSR count). The molecule has 1 amide bonds. The maximum Gasteiger partial charge on any atom is 0.257 e. The second kappa shape index (κ2) is 7.09. The third-order valence-electron chi connectivity index (χ3n) is 6.30. The normalized spacial score (nSPS) is 18.3. The molecule has 0 atom stereocenters. The lowest BCUT2D eigenvalue weighted by molar-refractivity contribution is 0.102. The summed E-state index contributed by atoms with van der Waals surface area (Å²) in [5, 5.41) is 8.75. The third kappa shape index (κ3) is 3.11. The molecule has 6 nitrogen and oxygen atoms in total. The number of para-hydroxylation sites is 1. The van der Waals surface area contributed by atoms with Gasteiger partial charge in [0.25, 0.3) is 5.91 Å². The predicted molar refractivity (Wildman–Crippen MR) is 111 cm³/mol. The topological polar surface area (TPSA) is 65.9 Å². The zero-order valence-corrected chi connectivity index (χ0v) is 16.4. The average molecular weight is 377 g/mol. The molecule has 2 aliphatic rings. The number of aromatic amines is 1. The Morgan fingerprint density at radius 1 is 1.21 bits per heavy atom. The van der Waals surface area contributed by atoms with Crippen LogP contribution in [0.4, 0.5) is 5.69 Å². The van der Waals surface area contributed by atoms with Gasteiger partial charge in [-0.15, -0.1) is 0 Å². The van der Waals surface area contributed by atoms with Gasteiger partial charge in [-0.1, -0.05) is 12.1 Å². The Bertz CT molecular complexity index is 1010. The van der Waals surface area contributed by atoms with Crippen LogP contribution >= 0.6 is 0 Å². The molecule has 1 saturated heterocycles. The van der Waals surface area contributed by atoms with Gasteiger partial charge in [-0.3, -0.25) is 9.48 Å². The Labute approximate surface area is 164 Å². The zero-order valence-electron chi connectivity index (χ0n) is 16.4. The van der Waals surface area contributed by atoms with Crippen molar-refractivity contribution < 1.29 is 4.79 Å². The minimum absolute atomic E-state index is 0.0767. The van der Waals surface area contributed by atoms with E-state index < -0.39 is 0 Å². The van der Waals surface area contributed by atoms with Gasteiger partial charge in [-0.25, -0.2) is 0 Å². The van der Waals surface area contributed by atoms with Crippen LogP contribution in [0.2, 0.25) is 0 Å². The van der Waals surface area contributed by atoms with Crippen LogP contribution < -0.4 is 5.32 Å². The minimum atomic E-state index is -0.0767. The number of hydrogen-bond donors (Lipinski definition) is 2. The van der Waals surface area contributed by atoms with E-state index >= 15 is 0 Å². The fourth-order valence-electron chi connectivity index (χ4n) is 4.68. The Balaban J connectivity index is 1.37. The first-order chi connectivity index (χ1) is 13.7. The van der Waals surface area contributed by atoms with Crippen molar-refractivity contribution in [2.45, 2.75) is 44.6 Å². The molecule has 2 aromatic heterocycles. The number of amides is 1. The number of anilines is 1. The highest BCUT2D eigenvalue weighted by molar-refractivity contribution is 6.12. The van der Waals surface area contributed by atoms with E-state index in [1.807, 2.05) is 23.0 Å². The number of hydrogen-bond acceptors (Lipinski definition) is 3. The first-order valence-electron chi connectivity index (χ1n) is 10.4. The lowest BCUT2D eigenvalue weighted by atomic mass is 9.95. The van der Waals surface area contributed by atoms with Crippen LogP contribution in [0.1, 0.15) is 53.3 Å². The number of aryl methyl sites for hydroxylation is 2. The number of piperidine rings is 1. The van der Waals surface area contributed by atoms with Gasteiger partial charge in [0.15, 0.2) is 0 Å². The smallest absolute Gasteiger partial charge is 0.257 e. The van der Waals surface area contributed by atoms with Gasteiger partial charge >= 0.3 is 0 Å². The maximum absolute atomic E-state index is 13.0. The van der Waals surface area contributed by atoms with Crippen molar-refractivity contribution in [3.05, 3.63) is 47.4 Å². The number of nitrogens with zero attached hydrogens (tertiary/aromatic N) is 3. The van der Waals surface area contributed by atoms with Crippen molar-refractivity contribution in [3.63, 3.8) is 0 Å². The summed E-state index contributed by atoms with van der Waals surface area (Å²) in [6.45, 7) is 2.18. The molecular formula is C22H27N5O. The molecule has 2 N–H and O–H groups in total. The predicted octanol–water partition coefficient (Wildman–Crippen LogP) is 3.76. The van der Waals surface area contributed by atoms with E-state index in [1.54, 1.807) is 6.20 Å². The molecule has 0 bridgehead atoms. The molecule has 28 heavy (non-hydrogen) atoms. The van der Waals surface area contributed by atoms with E-state index in [0.29, 0.717) is 11.6 Å². The van der Waals surface area contributed by atoms with E-state index in [9.17, 15) is 4.79 Å². The molecule has 146 valence electrons. The number of fused-ring (bicyclic) bond motifs is 3. The van der Waals surface area contributed by atoms with Crippen LogP contribution in [0.25, 0.3) is 10.9 Å². The molecule has 3 heterocycles. The largest absolute Gasteiger partial charge is 0.358 e. The summed E-state index contributed by atoms with van der Waals surface area (Å²) in [5.41, 5.74) is 5.13. The van der Waals surface area contributed by atoms with Crippen LogP contribution in [-0.4, -0.2) is 45.7 Å². The highest BCUT2D eigenvalue weighted by atomic mass is 16.1. The van der Waals surface area contributed by atoms with Crippen LogP contribution in [0.15, 0.2) is 30.6 Å². The highest BCUT2D eigenvalue weighted by Crippen LogP contribution is 2.31. The third-order valence-corrected chi connectivity index (χ3v) is 6.30. The Kier molecular flexibility index (Phi) is 4.43. The van der Waals surface area contributed by atoms with Gasteiger partial charge in [-0.05, 0) is 70.3 Å². The Morgan fingerprint density at radius 2 is 2.04 bits per heavy atom. The first-order valence-corrected chi connectivity index (χ1v) is 10.4. The average Bonchev–Trinajstić information content (AvgIpc) is 3.33. The lowest BCUT2D eigenvalue weighted by Crippen LogP contribution is -2.31. The van der Waals surface area contributed by atoms with E-state index in [4.69, 9.17) is 0 Å². The molecule has 0 unspecified atom stereocenters. The number of carbonyl (C=O) groups is 1. The molecule has 1 aromatic carbocycles. The van der Waals surface area contributed by atoms with Crippen molar-refractivity contribution in [1.82, 2.24) is 19.7 Å². The van der Waals surface area contributed by atoms with Gasteiger partial charge in [0.1, 0.15) is 0 Å². The first kappa shape index (κ1) is 17.5. The molecule has 6 heteroatoms. The van der Waals surface area contributed by atoms with E-state index in [0.717, 1.165) is 50.0 Å². The highest BCUT2D eigenvalue weighted by Gasteiger charge is 2.21. The Morgan fingerprint density at radius 3 is 2.89 bits per heavy atom. The van der Waals surface area contributed by atoms with Gasteiger partial charge in [0.2, 0.25) is 0 Å².